The molecular formula is H2BF4+. The first-order valence-corrected chi connectivity index (χ1v) is 0.873. The molecule has 0 spiro atoms. The average molecular weight is 88.8 g/mol. The topological polar surface area (TPSA) is 0 Å². The molecule has 0 saturated carbocycles. The summed E-state index contributed by atoms with van der Waals surface area (Å²) in [5, 5.41) is 0. The summed E-state index contributed by atoms with van der Waals surface area (Å²) in [6, 6.07) is 0. The lowest BCUT2D eigenvalue weighted by molar-refractivity contribution is 0.368. The van der Waals surface area contributed by atoms with Crippen molar-refractivity contribution in [3.63, 3.8) is 0 Å². The van der Waals surface area contributed by atoms with E-state index in [0.717, 1.165) is 0 Å². The molecule has 0 unspecified atom stereocenters. The summed E-state index contributed by atoms with van der Waals surface area (Å²) >= 11 is 0. The monoisotopic (exact) mass is 89.0 g/mol. The van der Waals surface area contributed by atoms with Crippen LogP contribution in [0.25, 0.3) is 0 Å². The molecule has 0 rings (SSSR count). The standard InChI is InChI=1S/BF4/c2-1(3,4)5/q-1/p+2. The van der Waals surface area contributed by atoms with E-state index in [1.165, 1.54) is 0 Å². The lowest BCUT2D eigenvalue weighted by Gasteiger charge is -1.94. The molecule has 0 aliphatic rings. The van der Waals surface area contributed by atoms with Gasteiger partial charge in [-0.3, -0.25) is 0 Å². The van der Waals surface area contributed by atoms with Crippen LogP contribution in [0.3, 0.4) is 0 Å². The van der Waals surface area contributed by atoms with Crippen molar-refractivity contribution in [1.29, 1.82) is 0 Å². The van der Waals surface area contributed by atoms with Gasteiger partial charge < -0.3 is 17.3 Å². The SMILES string of the molecule is F[B-](F)(F)F.[H+].[H+]. The number of hydrogen-bond donors (Lipinski definition) is 0. The predicted octanol–water partition coefficient (Wildman–Crippen LogP) is 1.53. The van der Waals surface area contributed by atoms with Gasteiger partial charge in [0.2, 0.25) is 0 Å². The Kier molecular flexibility index (Phi) is 0.839. The van der Waals surface area contributed by atoms with Gasteiger partial charge in [0.25, 0.3) is 0 Å². The van der Waals surface area contributed by atoms with Gasteiger partial charge in [0.1, 0.15) is 0 Å². The summed E-state index contributed by atoms with van der Waals surface area (Å²) < 4.78 is 39.0. The quantitative estimate of drug-likeness (QED) is 0.311. The van der Waals surface area contributed by atoms with E-state index in [1.807, 2.05) is 0 Å². The van der Waals surface area contributed by atoms with Gasteiger partial charge in [-0.25, -0.2) is 0 Å². The smallest absolute Gasteiger partial charge is 0.418 e. The summed E-state index contributed by atoms with van der Waals surface area (Å²) in [5.41, 5.74) is 0. The van der Waals surface area contributed by atoms with Crippen LogP contribution >= 0.6 is 0 Å². The molecule has 0 radical (unpaired) electrons. The van der Waals surface area contributed by atoms with Crippen LogP contribution in [0.15, 0.2) is 0 Å². The third kappa shape index (κ3) is 261. The normalized spacial score (nSPS) is 12.0. The van der Waals surface area contributed by atoms with Crippen LogP contribution in [-0.2, 0) is 0 Å². The van der Waals surface area contributed by atoms with Crippen molar-refractivity contribution in [2.75, 3.05) is 0 Å². The molecule has 5 heavy (non-hydrogen) atoms. The summed E-state index contributed by atoms with van der Waals surface area (Å²) in [4.78, 5) is 0. The fourth-order valence-corrected chi connectivity index (χ4v) is 0. The maximum atomic E-state index is 9.75. The summed E-state index contributed by atoms with van der Waals surface area (Å²) in [6.07, 6.45) is 0. The average Bonchev–Trinajstić information content (AvgIpc) is 0.722. The number of hydrogen-bond acceptors (Lipinski definition) is 0. The van der Waals surface area contributed by atoms with E-state index in [4.69, 9.17) is 0 Å². The van der Waals surface area contributed by atoms with Crippen LogP contribution < -0.4 is 0 Å². The lowest BCUT2D eigenvalue weighted by Crippen LogP contribution is -2.02. The highest BCUT2D eigenvalue weighted by molar-refractivity contribution is 6.50. The van der Waals surface area contributed by atoms with Crippen molar-refractivity contribution < 1.29 is 20.1 Å². The van der Waals surface area contributed by atoms with Crippen LogP contribution in [0.5, 0.6) is 0 Å². The largest absolute Gasteiger partial charge is 1.00 e. The third-order valence-corrected chi connectivity index (χ3v) is 0. The molecule has 0 atom stereocenters. The zero-order chi connectivity index (χ0) is 4.50. The van der Waals surface area contributed by atoms with Crippen LogP contribution in [0.2, 0.25) is 0 Å². The summed E-state index contributed by atoms with van der Waals surface area (Å²) in [5.74, 6) is 0. The molecule has 5 heteroatoms. The molecule has 0 N–H and O–H groups in total. The van der Waals surface area contributed by atoms with Crippen LogP contribution in [0.4, 0.5) is 17.3 Å². The minimum absolute atomic E-state index is 0. The summed E-state index contributed by atoms with van der Waals surface area (Å²) in [7, 11) is -6.00. The third-order valence-electron chi connectivity index (χ3n) is 0. The fourth-order valence-electron chi connectivity index (χ4n) is 0. The van der Waals surface area contributed by atoms with Crippen molar-refractivity contribution in [2.24, 2.45) is 0 Å². The van der Waals surface area contributed by atoms with Gasteiger partial charge in [0, 0.05) is 0 Å². The minimum atomic E-state index is -6.00. The molecule has 0 aromatic heterocycles. The zero-order valence-electron chi connectivity index (χ0n) is 4.09. The first-order chi connectivity index (χ1) is 2.00. The van der Waals surface area contributed by atoms with Gasteiger partial charge in [-0.15, -0.1) is 0 Å². The molecule has 0 aliphatic carbocycles. The number of halogens is 4. The van der Waals surface area contributed by atoms with Crippen molar-refractivity contribution in [3.05, 3.63) is 0 Å². The second kappa shape index (κ2) is 0.877. The Labute approximate surface area is 28.9 Å². The van der Waals surface area contributed by atoms with Gasteiger partial charge in [-0.05, 0) is 0 Å². The van der Waals surface area contributed by atoms with Crippen molar-refractivity contribution in [1.82, 2.24) is 0 Å². The van der Waals surface area contributed by atoms with E-state index in [2.05, 4.69) is 0 Å². The van der Waals surface area contributed by atoms with Crippen molar-refractivity contribution in [3.8, 4) is 0 Å². The van der Waals surface area contributed by atoms with Gasteiger partial charge in [-0.2, -0.15) is 0 Å². The maximum Gasteiger partial charge on any atom is 1.00 e. The van der Waals surface area contributed by atoms with E-state index < -0.39 is 7.25 Å². The molecule has 32 valence electrons. The molecular weight excluding hydrogens is 86.8 g/mol. The molecule has 0 heterocycles. The Bertz CT molecular complexity index is 25.2. The predicted molar refractivity (Wildman–Crippen MR) is 12.4 cm³/mol. The van der Waals surface area contributed by atoms with Gasteiger partial charge in [-0.1, -0.05) is 0 Å². The molecule has 0 saturated heterocycles. The van der Waals surface area contributed by atoms with Gasteiger partial charge in [0.05, 0.1) is 0 Å². The minimum Gasteiger partial charge on any atom is -0.418 e. The lowest BCUT2D eigenvalue weighted by atomic mass is 10.3. The second-order valence-electron chi connectivity index (χ2n) is 0.495. The molecule has 0 nitrogen and oxygen atoms in total. The van der Waals surface area contributed by atoms with Crippen LogP contribution in [-0.4, -0.2) is 7.25 Å². The van der Waals surface area contributed by atoms with E-state index >= 15 is 0 Å². The maximum absolute atomic E-state index is 9.75. The van der Waals surface area contributed by atoms with Crippen LogP contribution in [0.1, 0.15) is 2.85 Å². The van der Waals surface area contributed by atoms with E-state index in [9.17, 15) is 17.3 Å². The highest BCUT2D eigenvalue weighted by atomic mass is 19.5. The molecule has 0 amide bonds. The van der Waals surface area contributed by atoms with Gasteiger partial charge in [0.15, 0.2) is 0 Å². The highest BCUT2D eigenvalue weighted by Crippen LogP contribution is 2.06. The molecule has 0 aliphatic heterocycles. The zero-order valence-corrected chi connectivity index (χ0v) is 2.09. The van der Waals surface area contributed by atoms with Crippen molar-refractivity contribution in [2.45, 2.75) is 0 Å². The summed E-state index contributed by atoms with van der Waals surface area (Å²) in [6.45, 7) is 0. The van der Waals surface area contributed by atoms with E-state index in [-0.39, 0.29) is 2.85 Å². The Morgan fingerprint density at radius 2 is 1.00 bits per heavy atom. The second-order valence-corrected chi connectivity index (χ2v) is 0.495. The van der Waals surface area contributed by atoms with Gasteiger partial charge >= 0.3 is 10.1 Å². The first-order valence-electron chi connectivity index (χ1n) is 0.873. The molecule has 0 aromatic rings. The Morgan fingerprint density at radius 1 is 1.00 bits per heavy atom. The van der Waals surface area contributed by atoms with E-state index in [0.29, 0.717) is 0 Å². The molecule has 0 aromatic carbocycles. The molecule has 0 bridgehead atoms. The number of rotatable bonds is 0. The Morgan fingerprint density at radius 3 is 1.00 bits per heavy atom. The fraction of sp³-hybridized carbons (Fsp3) is 0. The first kappa shape index (κ1) is 4.78. The van der Waals surface area contributed by atoms with Crippen LogP contribution in [0, 0.1) is 0 Å². The molecule has 0 fully saturated rings. The van der Waals surface area contributed by atoms with Crippen molar-refractivity contribution >= 4 is 7.25 Å². The Hall–Kier alpha value is -0.215. The van der Waals surface area contributed by atoms with E-state index in [1.54, 1.807) is 0 Å². The Balaban J connectivity index is -0.0000000800. The highest BCUT2D eigenvalue weighted by Gasteiger charge is 2.20.